The number of aromatic hydroxyl groups is 4. The van der Waals surface area contributed by atoms with E-state index < -0.39 is 0 Å². The lowest BCUT2D eigenvalue weighted by Gasteiger charge is -2.03. The third-order valence-electron chi connectivity index (χ3n) is 3.78. The molecule has 0 spiro atoms. The van der Waals surface area contributed by atoms with Crippen molar-refractivity contribution in [3.8, 4) is 23.0 Å². The van der Waals surface area contributed by atoms with Crippen LogP contribution in [0, 0.1) is 0 Å². The highest BCUT2D eigenvalue weighted by molar-refractivity contribution is 9.11. The summed E-state index contributed by atoms with van der Waals surface area (Å²) in [6.45, 7) is 0. The molecule has 0 saturated heterocycles. The lowest BCUT2D eigenvalue weighted by Crippen LogP contribution is -1.76. The first-order chi connectivity index (χ1) is 12.3. The molecule has 0 amide bonds. The van der Waals surface area contributed by atoms with Gasteiger partial charge in [-0.25, -0.2) is 0 Å². The topological polar surface area (TPSA) is 80.9 Å². The Morgan fingerprint density at radius 3 is 1.31 bits per heavy atom. The van der Waals surface area contributed by atoms with Crippen molar-refractivity contribution in [2.75, 3.05) is 0 Å². The fourth-order valence-corrected chi connectivity index (χ4v) is 3.21. The lowest BCUT2D eigenvalue weighted by atomic mass is 10.1. The number of hydrogen-bond donors (Lipinski definition) is 4. The van der Waals surface area contributed by atoms with E-state index in [4.69, 9.17) is 10.2 Å². The summed E-state index contributed by atoms with van der Waals surface area (Å²) in [6.07, 6.45) is 0. The first kappa shape index (κ1) is 18.4. The molecule has 0 aromatic heterocycles. The Kier molecular flexibility index (Phi) is 5.25. The average Bonchev–Trinajstić information content (AvgIpc) is 2.58. The quantitative estimate of drug-likeness (QED) is 0.249. The van der Waals surface area contributed by atoms with E-state index in [1.54, 1.807) is 48.5 Å². The zero-order valence-electron chi connectivity index (χ0n) is 13.3. The molecule has 4 nitrogen and oxygen atoms in total. The van der Waals surface area contributed by atoms with Crippen LogP contribution in [0.2, 0.25) is 0 Å². The van der Waals surface area contributed by atoms with E-state index in [1.807, 2.05) is 12.1 Å². The maximum absolute atomic E-state index is 9.44. The van der Waals surface area contributed by atoms with Crippen LogP contribution in [-0.2, 0) is 0 Å². The highest BCUT2D eigenvalue weighted by Crippen LogP contribution is 2.34. The Balaban J connectivity index is 0.000000152. The van der Waals surface area contributed by atoms with Crippen molar-refractivity contribution in [2.45, 2.75) is 0 Å². The van der Waals surface area contributed by atoms with E-state index >= 15 is 0 Å². The molecule has 0 bridgehead atoms. The summed E-state index contributed by atoms with van der Waals surface area (Å²) in [5, 5.41) is 40.7. The van der Waals surface area contributed by atoms with Crippen LogP contribution in [-0.4, -0.2) is 20.4 Å². The fourth-order valence-electron chi connectivity index (χ4n) is 2.49. The second-order valence-corrected chi connectivity index (χ2v) is 7.38. The van der Waals surface area contributed by atoms with Crippen LogP contribution < -0.4 is 0 Å². The Bertz CT molecular complexity index is 984. The number of fused-ring (bicyclic) bond motifs is 2. The summed E-state index contributed by atoms with van der Waals surface area (Å²) in [7, 11) is 0. The van der Waals surface area contributed by atoms with E-state index in [0.717, 1.165) is 21.5 Å². The largest absolute Gasteiger partial charge is 0.508 e. The second-order valence-electron chi connectivity index (χ2n) is 5.67. The number of halogens is 2. The molecule has 4 aromatic carbocycles. The van der Waals surface area contributed by atoms with Gasteiger partial charge in [0.15, 0.2) is 0 Å². The van der Waals surface area contributed by atoms with Gasteiger partial charge in [-0.15, -0.1) is 0 Å². The maximum Gasteiger partial charge on any atom is 0.130 e. The monoisotopic (exact) mass is 476 g/mol. The van der Waals surface area contributed by atoms with Crippen LogP contribution >= 0.6 is 31.9 Å². The normalized spacial score (nSPS) is 10.5. The molecule has 0 aliphatic carbocycles. The van der Waals surface area contributed by atoms with Crippen molar-refractivity contribution < 1.29 is 20.4 Å². The molecule has 0 fully saturated rings. The molecule has 0 aliphatic rings. The van der Waals surface area contributed by atoms with Crippen LogP contribution in [0.15, 0.2) is 69.6 Å². The summed E-state index contributed by atoms with van der Waals surface area (Å²) in [6, 6.07) is 16.9. The average molecular weight is 478 g/mol. The highest BCUT2D eigenvalue weighted by atomic mass is 79.9. The zero-order valence-corrected chi connectivity index (χ0v) is 16.5. The van der Waals surface area contributed by atoms with Gasteiger partial charge in [-0.1, -0.05) is 12.1 Å². The van der Waals surface area contributed by atoms with E-state index in [0.29, 0.717) is 8.95 Å². The summed E-state index contributed by atoms with van der Waals surface area (Å²) in [5.74, 6) is 0.764. The lowest BCUT2D eigenvalue weighted by molar-refractivity contribution is 0.471. The van der Waals surface area contributed by atoms with Gasteiger partial charge < -0.3 is 20.4 Å². The van der Waals surface area contributed by atoms with Gasteiger partial charge in [-0.05, 0) is 102 Å². The van der Waals surface area contributed by atoms with E-state index in [9.17, 15) is 10.2 Å². The van der Waals surface area contributed by atoms with Crippen LogP contribution in [0.25, 0.3) is 21.5 Å². The van der Waals surface area contributed by atoms with Crippen molar-refractivity contribution >= 4 is 53.4 Å². The van der Waals surface area contributed by atoms with Gasteiger partial charge in [0, 0.05) is 0 Å². The zero-order chi connectivity index (χ0) is 18.8. The van der Waals surface area contributed by atoms with E-state index in [-0.39, 0.29) is 23.0 Å². The van der Waals surface area contributed by atoms with Gasteiger partial charge in [-0.2, -0.15) is 0 Å². The fraction of sp³-hybridized carbons (Fsp3) is 0. The molecular weight excluding hydrogens is 464 g/mol. The second kappa shape index (κ2) is 7.43. The summed E-state index contributed by atoms with van der Waals surface area (Å²) in [5.41, 5.74) is 0. The first-order valence-corrected chi connectivity index (χ1v) is 9.14. The standard InChI is InChI=1S/C10H6Br2O2.C10H8O2/c11-7-1-5-2-8(12)10(14)4-6(5)3-9(7)13;11-9-3-1-7-2-4-10(12)6-8(7)5-9/h1-4,13-14H;1-6,11-12H. The molecule has 0 unspecified atom stereocenters. The Labute approximate surface area is 166 Å². The Morgan fingerprint density at radius 2 is 0.846 bits per heavy atom. The number of hydrogen-bond acceptors (Lipinski definition) is 4. The van der Waals surface area contributed by atoms with Crippen LogP contribution in [0.4, 0.5) is 0 Å². The predicted molar refractivity (Wildman–Crippen MR) is 110 cm³/mol. The van der Waals surface area contributed by atoms with Gasteiger partial charge in [0.1, 0.15) is 23.0 Å². The van der Waals surface area contributed by atoms with Gasteiger partial charge in [0.25, 0.3) is 0 Å². The molecular formula is C20H14Br2O4. The SMILES string of the molecule is Oc1cc2cc(O)c(Br)cc2cc1Br.Oc1ccc2ccc(O)cc2c1. The van der Waals surface area contributed by atoms with Gasteiger partial charge in [0.05, 0.1) is 8.95 Å². The molecule has 0 heterocycles. The van der Waals surface area contributed by atoms with Crippen LogP contribution in [0.5, 0.6) is 23.0 Å². The molecule has 0 saturated carbocycles. The molecule has 4 N–H and O–H groups in total. The third kappa shape index (κ3) is 4.03. The molecule has 0 atom stereocenters. The Morgan fingerprint density at radius 1 is 0.462 bits per heavy atom. The molecule has 0 aliphatic heterocycles. The predicted octanol–water partition coefficient (Wildman–Crippen LogP) is 6.03. The van der Waals surface area contributed by atoms with E-state index in [2.05, 4.69) is 31.9 Å². The number of phenols is 4. The Hall–Kier alpha value is -2.44. The minimum absolute atomic E-state index is 0.166. The molecule has 4 rings (SSSR count). The van der Waals surface area contributed by atoms with Gasteiger partial charge >= 0.3 is 0 Å². The maximum atomic E-state index is 9.44. The van der Waals surface area contributed by atoms with Crippen LogP contribution in [0.3, 0.4) is 0 Å². The number of phenolic OH excluding ortho intramolecular Hbond substituents is 4. The molecule has 0 radical (unpaired) electrons. The minimum atomic E-state index is 0.166. The molecule has 26 heavy (non-hydrogen) atoms. The highest BCUT2D eigenvalue weighted by Gasteiger charge is 2.04. The number of benzene rings is 4. The summed E-state index contributed by atoms with van der Waals surface area (Å²) < 4.78 is 1.28. The molecule has 132 valence electrons. The summed E-state index contributed by atoms with van der Waals surface area (Å²) in [4.78, 5) is 0. The smallest absolute Gasteiger partial charge is 0.130 e. The minimum Gasteiger partial charge on any atom is -0.508 e. The van der Waals surface area contributed by atoms with Crippen LogP contribution in [0.1, 0.15) is 0 Å². The van der Waals surface area contributed by atoms with Gasteiger partial charge in [0.2, 0.25) is 0 Å². The molecule has 4 aromatic rings. The van der Waals surface area contributed by atoms with Crippen molar-refractivity contribution in [3.05, 3.63) is 69.6 Å². The third-order valence-corrected chi connectivity index (χ3v) is 5.05. The molecule has 6 heteroatoms. The van der Waals surface area contributed by atoms with Crippen molar-refractivity contribution in [2.24, 2.45) is 0 Å². The van der Waals surface area contributed by atoms with Crippen molar-refractivity contribution in [1.82, 2.24) is 0 Å². The summed E-state index contributed by atoms with van der Waals surface area (Å²) >= 11 is 6.46. The number of rotatable bonds is 0. The van der Waals surface area contributed by atoms with Crippen molar-refractivity contribution in [1.29, 1.82) is 0 Å². The van der Waals surface area contributed by atoms with Crippen molar-refractivity contribution in [3.63, 3.8) is 0 Å². The first-order valence-electron chi connectivity index (χ1n) is 7.56. The van der Waals surface area contributed by atoms with Gasteiger partial charge in [-0.3, -0.25) is 0 Å². The van der Waals surface area contributed by atoms with E-state index in [1.165, 1.54) is 0 Å².